The van der Waals surface area contributed by atoms with Gasteiger partial charge in [-0.2, -0.15) is 5.10 Å². The molecule has 0 aliphatic carbocycles. The molecular weight excluding hydrogens is 256 g/mol. The molecule has 0 atom stereocenters. The molecule has 1 aromatic heterocycles. The largest absolute Gasteiger partial charge is 0.268 e. The fourth-order valence-electron chi connectivity index (χ4n) is 2.67. The average molecular weight is 276 g/mol. The first-order valence-corrected chi connectivity index (χ1v) is 7.36. The number of hydrogen-bond donors (Lipinski definition) is 0. The monoisotopic (exact) mass is 276 g/mol. The zero-order valence-electron chi connectivity index (χ0n) is 12.6. The van der Waals surface area contributed by atoms with Gasteiger partial charge in [-0.25, -0.2) is 0 Å². The van der Waals surface area contributed by atoms with Gasteiger partial charge in [0, 0.05) is 12.6 Å². The van der Waals surface area contributed by atoms with E-state index in [2.05, 4.69) is 66.6 Å². The molecule has 0 unspecified atom stereocenters. The lowest BCUT2D eigenvalue weighted by atomic mass is 10.0. The smallest absolute Gasteiger partial charge is 0.0710 e. The molecule has 1 heterocycles. The van der Waals surface area contributed by atoms with Gasteiger partial charge in [-0.05, 0) is 30.9 Å². The van der Waals surface area contributed by atoms with E-state index in [1.165, 1.54) is 27.9 Å². The fourth-order valence-corrected chi connectivity index (χ4v) is 2.67. The Kier molecular flexibility index (Phi) is 3.87. The molecule has 0 amide bonds. The Labute approximate surface area is 126 Å². The van der Waals surface area contributed by atoms with Gasteiger partial charge in [0.15, 0.2) is 0 Å². The zero-order valence-corrected chi connectivity index (χ0v) is 12.6. The molecule has 3 rings (SSSR count). The number of aromatic nitrogens is 2. The molecule has 0 spiro atoms. The molecule has 2 aromatic carbocycles. The highest BCUT2D eigenvalue weighted by Crippen LogP contribution is 2.24. The third-order valence-electron chi connectivity index (χ3n) is 3.87. The highest BCUT2D eigenvalue weighted by molar-refractivity contribution is 5.63. The SMILES string of the molecule is Cc1ccc(-c2c(CCc3ccccc3)cnn2C)cc1. The molecule has 0 bridgehead atoms. The number of nitrogens with zero attached hydrogens (tertiary/aromatic N) is 2. The normalized spacial score (nSPS) is 10.8. The lowest BCUT2D eigenvalue weighted by Gasteiger charge is -2.07. The minimum Gasteiger partial charge on any atom is -0.268 e. The molecule has 2 nitrogen and oxygen atoms in total. The Bertz CT molecular complexity index is 709. The maximum Gasteiger partial charge on any atom is 0.0710 e. The van der Waals surface area contributed by atoms with Crippen molar-refractivity contribution in [2.75, 3.05) is 0 Å². The first-order valence-electron chi connectivity index (χ1n) is 7.36. The van der Waals surface area contributed by atoms with E-state index in [0.29, 0.717) is 0 Å². The number of benzene rings is 2. The summed E-state index contributed by atoms with van der Waals surface area (Å²) in [6.07, 6.45) is 4.06. The van der Waals surface area contributed by atoms with Crippen LogP contribution < -0.4 is 0 Å². The van der Waals surface area contributed by atoms with Crippen LogP contribution in [-0.2, 0) is 19.9 Å². The Morgan fingerprint density at radius 1 is 0.905 bits per heavy atom. The molecule has 21 heavy (non-hydrogen) atoms. The van der Waals surface area contributed by atoms with Crippen LogP contribution >= 0.6 is 0 Å². The first kappa shape index (κ1) is 13.6. The molecule has 0 fully saturated rings. The summed E-state index contributed by atoms with van der Waals surface area (Å²) in [5, 5.41) is 4.44. The van der Waals surface area contributed by atoms with Crippen LogP contribution in [0.5, 0.6) is 0 Å². The molecule has 0 saturated carbocycles. The second-order valence-corrected chi connectivity index (χ2v) is 5.49. The van der Waals surface area contributed by atoms with Gasteiger partial charge in [0.1, 0.15) is 0 Å². The summed E-state index contributed by atoms with van der Waals surface area (Å²) in [7, 11) is 2.02. The van der Waals surface area contributed by atoms with E-state index in [0.717, 1.165) is 12.8 Å². The Morgan fingerprint density at radius 3 is 2.33 bits per heavy atom. The van der Waals surface area contributed by atoms with E-state index in [1.54, 1.807) is 0 Å². The Hall–Kier alpha value is -2.35. The van der Waals surface area contributed by atoms with Crippen LogP contribution in [0.15, 0.2) is 60.8 Å². The summed E-state index contributed by atoms with van der Waals surface area (Å²) in [4.78, 5) is 0. The van der Waals surface area contributed by atoms with Crippen LogP contribution in [-0.4, -0.2) is 9.78 Å². The maximum absolute atomic E-state index is 4.44. The van der Waals surface area contributed by atoms with Gasteiger partial charge in [0.05, 0.1) is 11.9 Å². The van der Waals surface area contributed by atoms with Gasteiger partial charge < -0.3 is 0 Å². The van der Waals surface area contributed by atoms with Crippen LogP contribution in [0.3, 0.4) is 0 Å². The first-order chi connectivity index (χ1) is 10.2. The van der Waals surface area contributed by atoms with Gasteiger partial charge in [0.2, 0.25) is 0 Å². The lowest BCUT2D eigenvalue weighted by Crippen LogP contribution is -1.97. The van der Waals surface area contributed by atoms with E-state index >= 15 is 0 Å². The third-order valence-corrected chi connectivity index (χ3v) is 3.87. The molecule has 2 heteroatoms. The second-order valence-electron chi connectivity index (χ2n) is 5.49. The predicted molar refractivity (Wildman–Crippen MR) is 87.2 cm³/mol. The van der Waals surface area contributed by atoms with Crippen molar-refractivity contribution in [2.24, 2.45) is 7.05 Å². The second kappa shape index (κ2) is 5.96. The van der Waals surface area contributed by atoms with Crippen LogP contribution in [0.2, 0.25) is 0 Å². The summed E-state index contributed by atoms with van der Waals surface area (Å²) in [5.41, 5.74) is 6.43. The van der Waals surface area contributed by atoms with E-state index in [-0.39, 0.29) is 0 Å². The van der Waals surface area contributed by atoms with Gasteiger partial charge in [-0.15, -0.1) is 0 Å². The minimum absolute atomic E-state index is 1.01. The van der Waals surface area contributed by atoms with Crippen molar-refractivity contribution in [3.8, 4) is 11.3 Å². The van der Waals surface area contributed by atoms with Crippen LogP contribution in [0.1, 0.15) is 16.7 Å². The molecule has 3 aromatic rings. The predicted octanol–water partition coefficient (Wildman–Crippen LogP) is 4.18. The molecule has 0 aliphatic heterocycles. The van der Waals surface area contributed by atoms with E-state index in [4.69, 9.17) is 0 Å². The average Bonchev–Trinajstić information content (AvgIpc) is 2.88. The van der Waals surface area contributed by atoms with Gasteiger partial charge >= 0.3 is 0 Å². The summed E-state index contributed by atoms with van der Waals surface area (Å²) < 4.78 is 1.98. The third kappa shape index (κ3) is 3.05. The van der Waals surface area contributed by atoms with Crippen molar-refractivity contribution < 1.29 is 0 Å². The van der Waals surface area contributed by atoms with Gasteiger partial charge in [-0.3, -0.25) is 4.68 Å². The van der Waals surface area contributed by atoms with Gasteiger partial charge in [0.25, 0.3) is 0 Å². The van der Waals surface area contributed by atoms with Crippen LogP contribution in [0.25, 0.3) is 11.3 Å². The highest BCUT2D eigenvalue weighted by atomic mass is 15.3. The number of rotatable bonds is 4. The maximum atomic E-state index is 4.44. The van der Waals surface area contributed by atoms with Crippen molar-refractivity contribution in [1.82, 2.24) is 9.78 Å². The van der Waals surface area contributed by atoms with E-state index in [1.807, 2.05) is 17.9 Å². The van der Waals surface area contributed by atoms with Crippen molar-refractivity contribution in [3.63, 3.8) is 0 Å². The van der Waals surface area contributed by atoms with Crippen LogP contribution in [0, 0.1) is 6.92 Å². The lowest BCUT2D eigenvalue weighted by molar-refractivity contribution is 0.775. The number of hydrogen-bond acceptors (Lipinski definition) is 1. The van der Waals surface area contributed by atoms with Crippen molar-refractivity contribution in [3.05, 3.63) is 77.5 Å². The molecule has 106 valence electrons. The Balaban J connectivity index is 1.85. The van der Waals surface area contributed by atoms with Gasteiger partial charge in [-0.1, -0.05) is 60.2 Å². The van der Waals surface area contributed by atoms with Crippen molar-refractivity contribution in [1.29, 1.82) is 0 Å². The Morgan fingerprint density at radius 2 is 1.62 bits per heavy atom. The molecule has 0 N–H and O–H groups in total. The topological polar surface area (TPSA) is 17.8 Å². The zero-order chi connectivity index (χ0) is 14.7. The minimum atomic E-state index is 1.01. The summed E-state index contributed by atoms with van der Waals surface area (Å²) >= 11 is 0. The highest BCUT2D eigenvalue weighted by Gasteiger charge is 2.10. The van der Waals surface area contributed by atoms with Crippen molar-refractivity contribution >= 4 is 0 Å². The summed E-state index contributed by atoms with van der Waals surface area (Å²) in [5.74, 6) is 0. The molecule has 0 radical (unpaired) electrons. The molecule has 0 saturated heterocycles. The fraction of sp³-hybridized carbons (Fsp3) is 0.211. The number of aryl methyl sites for hydroxylation is 4. The van der Waals surface area contributed by atoms with Crippen molar-refractivity contribution in [2.45, 2.75) is 19.8 Å². The van der Waals surface area contributed by atoms with E-state index in [9.17, 15) is 0 Å². The molecular formula is C19H20N2. The molecule has 0 aliphatic rings. The van der Waals surface area contributed by atoms with Crippen LogP contribution in [0.4, 0.5) is 0 Å². The summed E-state index contributed by atoms with van der Waals surface area (Å²) in [6, 6.07) is 19.3. The standard InChI is InChI=1S/C19H20N2/c1-15-8-11-17(12-9-15)19-18(14-20-21(19)2)13-10-16-6-4-3-5-7-16/h3-9,11-12,14H,10,13H2,1-2H3. The quantitative estimate of drug-likeness (QED) is 0.699. The van der Waals surface area contributed by atoms with E-state index < -0.39 is 0 Å². The summed E-state index contributed by atoms with van der Waals surface area (Å²) in [6.45, 7) is 2.11.